The molecule has 0 amide bonds. The zero-order valence-corrected chi connectivity index (χ0v) is 11.0. The van der Waals surface area contributed by atoms with Gasteiger partial charge in [-0.2, -0.15) is 4.98 Å². The number of aromatic nitrogens is 2. The van der Waals surface area contributed by atoms with E-state index in [1.165, 1.54) is 12.3 Å². The van der Waals surface area contributed by atoms with Gasteiger partial charge in [-0.1, -0.05) is 0 Å². The van der Waals surface area contributed by atoms with Crippen LogP contribution in [0.5, 0.6) is 6.01 Å². The molecule has 20 heavy (non-hydrogen) atoms. The third-order valence-corrected chi connectivity index (χ3v) is 3.73. The zero-order valence-electron chi connectivity index (χ0n) is 11.0. The number of aliphatic hydroxyl groups is 1. The monoisotopic (exact) mass is 282 g/mol. The minimum absolute atomic E-state index is 0.0993. The molecule has 0 radical (unpaired) electrons. The smallest absolute Gasteiger partial charge is 0.304 e. The normalized spacial score (nSPS) is 40.0. The van der Waals surface area contributed by atoms with Crippen LogP contribution in [0.3, 0.4) is 0 Å². The molecule has 8 nitrogen and oxygen atoms in total. The van der Waals surface area contributed by atoms with Gasteiger partial charge in [0.05, 0.1) is 0 Å². The quantitative estimate of drug-likeness (QED) is 0.733. The van der Waals surface area contributed by atoms with E-state index in [0.717, 1.165) is 0 Å². The van der Waals surface area contributed by atoms with Gasteiger partial charge in [0.15, 0.2) is 18.1 Å². The van der Waals surface area contributed by atoms with Crippen molar-refractivity contribution >= 4 is 0 Å². The second kappa shape index (κ2) is 3.59. The van der Waals surface area contributed by atoms with Crippen LogP contribution in [0.25, 0.3) is 0 Å². The van der Waals surface area contributed by atoms with Gasteiger partial charge in [0.1, 0.15) is 12.7 Å². The highest BCUT2D eigenvalue weighted by atomic mass is 16.8. The number of aliphatic hydroxyl groups excluding tert-OH is 1. The summed E-state index contributed by atoms with van der Waals surface area (Å²) in [5.74, 6) is -2.17. The van der Waals surface area contributed by atoms with Gasteiger partial charge in [0, 0.05) is 12.3 Å². The average Bonchev–Trinajstić information content (AvgIpc) is 2.83. The summed E-state index contributed by atoms with van der Waals surface area (Å²) in [7, 11) is 0. The molecule has 4 rings (SSSR count). The summed E-state index contributed by atoms with van der Waals surface area (Å²) in [5, 5.41) is 9.68. The maximum Gasteiger partial charge on any atom is 0.304 e. The third-order valence-electron chi connectivity index (χ3n) is 3.73. The van der Waals surface area contributed by atoms with Crippen LogP contribution in [0.15, 0.2) is 17.1 Å². The van der Waals surface area contributed by atoms with Gasteiger partial charge < -0.3 is 24.1 Å². The first-order valence-electron chi connectivity index (χ1n) is 6.37. The molecule has 2 bridgehead atoms. The Hall–Kier alpha value is -1.48. The van der Waals surface area contributed by atoms with E-state index in [4.69, 9.17) is 18.9 Å². The maximum absolute atomic E-state index is 11.3. The van der Waals surface area contributed by atoms with E-state index in [1.54, 1.807) is 18.4 Å². The van der Waals surface area contributed by atoms with Crippen molar-refractivity contribution in [3.63, 3.8) is 0 Å². The highest BCUT2D eigenvalue weighted by molar-refractivity contribution is 5.14. The van der Waals surface area contributed by atoms with Gasteiger partial charge in [0.2, 0.25) is 0 Å². The lowest BCUT2D eigenvalue weighted by Crippen LogP contribution is -2.53. The van der Waals surface area contributed by atoms with Crippen molar-refractivity contribution in [1.29, 1.82) is 0 Å². The van der Waals surface area contributed by atoms with Crippen LogP contribution in [0.1, 0.15) is 20.1 Å². The molecule has 4 atom stereocenters. The lowest BCUT2D eigenvalue weighted by Gasteiger charge is -2.37. The standard InChI is InChI=1S/C12H14N2O6/c1-11(2)17-7-8(18-11)12(5-15)19-9(7)14-4-3-6(16)13-10(14)20-12/h3-4,7-9,15H,5H2,1-2H3/t7-,8+,9-,12-/m1/s1. The highest BCUT2D eigenvalue weighted by Crippen LogP contribution is 2.51. The molecular weight excluding hydrogens is 268 g/mol. The molecule has 3 aliphatic heterocycles. The van der Waals surface area contributed by atoms with Crippen molar-refractivity contribution in [2.24, 2.45) is 0 Å². The van der Waals surface area contributed by atoms with Crippen LogP contribution in [-0.4, -0.2) is 45.0 Å². The van der Waals surface area contributed by atoms with E-state index in [1.807, 2.05) is 0 Å². The zero-order chi connectivity index (χ0) is 14.1. The Kier molecular flexibility index (Phi) is 2.20. The molecule has 2 saturated heterocycles. The molecule has 1 aromatic rings. The molecule has 0 saturated carbocycles. The van der Waals surface area contributed by atoms with Crippen molar-refractivity contribution in [2.45, 2.75) is 43.9 Å². The minimum atomic E-state index is -1.39. The Morgan fingerprint density at radius 2 is 2.20 bits per heavy atom. The van der Waals surface area contributed by atoms with Crippen LogP contribution in [0, 0.1) is 0 Å². The SMILES string of the molecule is CC1(C)O[C@H]2[C@H]3O[C@](CO)(Oc4nc(=O)ccn43)[C@H]2O1. The summed E-state index contributed by atoms with van der Waals surface area (Å²) in [6.07, 6.45) is -0.0500. The fraction of sp³-hybridized carbons (Fsp3) is 0.667. The van der Waals surface area contributed by atoms with Crippen molar-refractivity contribution in [3.8, 4) is 6.01 Å². The van der Waals surface area contributed by atoms with Crippen molar-refractivity contribution in [1.82, 2.24) is 9.55 Å². The molecule has 0 unspecified atom stereocenters. The molecule has 1 aromatic heterocycles. The molecule has 0 aliphatic carbocycles. The van der Waals surface area contributed by atoms with Crippen molar-refractivity contribution in [3.05, 3.63) is 22.6 Å². The van der Waals surface area contributed by atoms with E-state index in [0.29, 0.717) is 0 Å². The number of ether oxygens (including phenoxy) is 4. The molecule has 4 heterocycles. The summed E-state index contributed by atoms with van der Waals surface area (Å²) in [6, 6.07) is 1.42. The summed E-state index contributed by atoms with van der Waals surface area (Å²) in [6.45, 7) is 3.16. The fourth-order valence-corrected chi connectivity index (χ4v) is 2.95. The van der Waals surface area contributed by atoms with Crippen LogP contribution in [0.4, 0.5) is 0 Å². The largest absolute Gasteiger partial charge is 0.426 e. The fourth-order valence-electron chi connectivity index (χ4n) is 2.95. The van der Waals surface area contributed by atoms with Gasteiger partial charge >= 0.3 is 6.01 Å². The summed E-state index contributed by atoms with van der Waals surface area (Å²) >= 11 is 0. The van der Waals surface area contributed by atoms with Crippen molar-refractivity contribution in [2.75, 3.05) is 6.61 Å². The Bertz CT molecular complexity index is 629. The van der Waals surface area contributed by atoms with Gasteiger partial charge in [-0.15, -0.1) is 0 Å². The van der Waals surface area contributed by atoms with Crippen LogP contribution < -0.4 is 10.3 Å². The van der Waals surface area contributed by atoms with E-state index in [-0.39, 0.29) is 6.01 Å². The summed E-state index contributed by atoms with van der Waals surface area (Å²) < 4.78 is 24.6. The second-order valence-corrected chi connectivity index (χ2v) is 5.56. The number of hydrogen-bond donors (Lipinski definition) is 1. The van der Waals surface area contributed by atoms with E-state index in [2.05, 4.69) is 4.98 Å². The lowest BCUT2D eigenvalue weighted by molar-refractivity contribution is -0.301. The van der Waals surface area contributed by atoms with Gasteiger partial charge in [0.25, 0.3) is 11.3 Å². The first-order valence-corrected chi connectivity index (χ1v) is 6.37. The van der Waals surface area contributed by atoms with Crippen LogP contribution in [0.2, 0.25) is 0 Å². The number of nitrogens with zero attached hydrogens (tertiary/aromatic N) is 2. The molecule has 108 valence electrons. The molecule has 1 N–H and O–H groups in total. The van der Waals surface area contributed by atoms with Crippen LogP contribution >= 0.6 is 0 Å². The Labute approximate surface area is 113 Å². The molecule has 8 heteroatoms. The number of rotatable bonds is 1. The Morgan fingerprint density at radius 3 is 2.95 bits per heavy atom. The van der Waals surface area contributed by atoms with Crippen LogP contribution in [-0.2, 0) is 14.2 Å². The molecule has 3 aliphatic rings. The van der Waals surface area contributed by atoms with E-state index < -0.39 is 42.2 Å². The Balaban J connectivity index is 1.85. The minimum Gasteiger partial charge on any atom is -0.426 e. The molecular formula is C12H14N2O6. The molecule has 0 spiro atoms. The number of fused-ring (bicyclic) bond motifs is 7. The highest BCUT2D eigenvalue weighted by Gasteiger charge is 2.67. The predicted molar refractivity (Wildman–Crippen MR) is 62.9 cm³/mol. The Morgan fingerprint density at radius 1 is 1.40 bits per heavy atom. The molecule has 2 fully saturated rings. The molecule has 0 aromatic carbocycles. The summed E-state index contributed by atoms with van der Waals surface area (Å²) in [4.78, 5) is 15.1. The topological polar surface area (TPSA) is 92.0 Å². The van der Waals surface area contributed by atoms with Gasteiger partial charge in [-0.3, -0.25) is 9.36 Å². The van der Waals surface area contributed by atoms with Gasteiger partial charge in [-0.05, 0) is 13.8 Å². The van der Waals surface area contributed by atoms with Crippen molar-refractivity contribution < 1.29 is 24.1 Å². The first kappa shape index (κ1) is 12.3. The maximum atomic E-state index is 11.3. The third kappa shape index (κ3) is 1.44. The lowest BCUT2D eigenvalue weighted by atomic mass is 10.1. The second-order valence-electron chi connectivity index (χ2n) is 5.56. The summed E-state index contributed by atoms with van der Waals surface area (Å²) in [5.41, 5.74) is -0.419. The average molecular weight is 282 g/mol. The number of hydrogen-bond acceptors (Lipinski definition) is 7. The van der Waals surface area contributed by atoms with E-state index >= 15 is 0 Å². The van der Waals surface area contributed by atoms with Gasteiger partial charge in [-0.25, -0.2) is 0 Å². The predicted octanol–water partition coefficient (Wildman–Crippen LogP) is -0.627. The first-order chi connectivity index (χ1) is 9.44. The van der Waals surface area contributed by atoms with E-state index in [9.17, 15) is 9.90 Å².